The Hall–Kier alpha value is -1.79. The van der Waals surface area contributed by atoms with E-state index in [9.17, 15) is 4.79 Å². The molecule has 0 atom stereocenters. The zero-order chi connectivity index (χ0) is 14.4. The summed E-state index contributed by atoms with van der Waals surface area (Å²) >= 11 is 3.36. The molecule has 0 saturated carbocycles. The van der Waals surface area contributed by atoms with Crippen molar-refractivity contribution in [2.45, 2.75) is 13.5 Å². The van der Waals surface area contributed by atoms with Gasteiger partial charge in [-0.15, -0.1) is 0 Å². The van der Waals surface area contributed by atoms with Crippen molar-refractivity contribution in [3.8, 4) is 0 Å². The standard InChI is InChI=1S/C14H15BrN4O/c1-10-6-18-13(8-17-10)7-16-9-14(20)19-12-4-2-3-11(15)5-12/h2-6,8,16H,7,9H2,1H3,(H,19,20). The third kappa shape index (κ3) is 4.71. The molecule has 0 radical (unpaired) electrons. The van der Waals surface area contributed by atoms with Gasteiger partial charge in [0.05, 0.1) is 17.9 Å². The molecule has 0 bridgehead atoms. The number of carbonyl (C=O) groups excluding carboxylic acids is 1. The van der Waals surface area contributed by atoms with Gasteiger partial charge < -0.3 is 10.6 Å². The number of benzene rings is 1. The third-order valence-corrected chi connectivity index (χ3v) is 3.03. The summed E-state index contributed by atoms with van der Waals surface area (Å²) in [6.45, 7) is 2.62. The first-order chi connectivity index (χ1) is 9.63. The van der Waals surface area contributed by atoms with E-state index >= 15 is 0 Å². The molecule has 0 aliphatic heterocycles. The minimum Gasteiger partial charge on any atom is -0.325 e. The first-order valence-corrected chi connectivity index (χ1v) is 6.96. The molecule has 2 N–H and O–H groups in total. The zero-order valence-corrected chi connectivity index (χ0v) is 12.6. The van der Waals surface area contributed by atoms with Crippen LogP contribution in [0.5, 0.6) is 0 Å². The molecule has 1 heterocycles. The quantitative estimate of drug-likeness (QED) is 0.880. The van der Waals surface area contributed by atoms with Gasteiger partial charge in [0.1, 0.15) is 0 Å². The second-order valence-corrected chi connectivity index (χ2v) is 5.23. The SMILES string of the molecule is Cc1cnc(CNCC(=O)Nc2cccc(Br)c2)cn1. The molecule has 0 saturated heterocycles. The summed E-state index contributed by atoms with van der Waals surface area (Å²) in [4.78, 5) is 20.1. The summed E-state index contributed by atoms with van der Waals surface area (Å²) < 4.78 is 0.929. The lowest BCUT2D eigenvalue weighted by Crippen LogP contribution is -2.28. The monoisotopic (exact) mass is 334 g/mol. The lowest BCUT2D eigenvalue weighted by molar-refractivity contribution is -0.115. The van der Waals surface area contributed by atoms with Crippen molar-refractivity contribution in [1.29, 1.82) is 0 Å². The molecule has 6 heteroatoms. The van der Waals surface area contributed by atoms with Gasteiger partial charge in [-0.2, -0.15) is 0 Å². The van der Waals surface area contributed by atoms with Crippen LogP contribution in [0.2, 0.25) is 0 Å². The van der Waals surface area contributed by atoms with Crippen molar-refractivity contribution in [2.75, 3.05) is 11.9 Å². The summed E-state index contributed by atoms with van der Waals surface area (Å²) in [6.07, 6.45) is 3.41. The molecule has 0 unspecified atom stereocenters. The van der Waals surface area contributed by atoms with E-state index in [1.165, 1.54) is 0 Å². The van der Waals surface area contributed by atoms with E-state index in [4.69, 9.17) is 0 Å². The second-order valence-electron chi connectivity index (χ2n) is 4.31. The van der Waals surface area contributed by atoms with Crippen molar-refractivity contribution >= 4 is 27.5 Å². The van der Waals surface area contributed by atoms with Crippen LogP contribution in [0.4, 0.5) is 5.69 Å². The summed E-state index contributed by atoms with van der Waals surface area (Å²) in [6, 6.07) is 7.47. The fourth-order valence-electron chi connectivity index (χ4n) is 1.59. The molecular weight excluding hydrogens is 320 g/mol. The van der Waals surface area contributed by atoms with Crippen LogP contribution >= 0.6 is 15.9 Å². The van der Waals surface area contributed by atoms with Crippen LogP contribution in [-0.2, 0) is 11.3 Å². The smallest absolute Gasteiger partial charge is 0.238 e. The highest BCUT2D eigenvalue weighted by Gasteiger charge is 2.03. The molecule has 0 spiro atoms. The summed E-state index contributed by atoms with van der Waals surface area (Å²) in [7, 11) is 0. The van der Waals surface area contributed by atoms with E-state index in [2.05, 4.69) is 36.5 Å². The largest absolute Gasteiger partial charge is 0.325 e. The normalized spacial score (nSPS) is 10.3. The number of aromatic nitrogens is 2. The van der Waals surface area contributed by atoms with Crippen molar-refractivity contribution in [3.05, 3.63) is 52.5 Å². The molecule has 5 nitrogen and oxygen atoms in total. The Balaban J connectivity index is 1.76. The van der Waals surface area contributed by atoms with Crippen LogP contribution in [0.25, 0.3) is 0 Å². The van der Waals surface area contributed by atoms with Crippen molar-refractivity contribution in [2.24, 2.45) is 0 Å². The van der Waals surface area contributed by atoms with Crippen LogP contribution in [0.3, 0.4) is 0 Å². The third-order valence-electron chi connectivity index (χ3n) is 2.53. The summed E-state index contributed by atoms with van der Waals surface area (Å²) in [5.74, 6) is -0.0943. The number of halogens is 1. The molecule has 2 rings (SSSR count). The molecule has 0 fully saturated rings. The zero-order valence-electron chi connectivity index (χ0n) is 11.1. The molecule has 1 aromatic carbocycles. The van der Waals surface area contributed by atoms with Crippen LogP contribution in [0, 0.1) is 6.92 Å². The predicted molar refractivity (Wildman–Crippen MR) is 81.2 cm³/mol. The molecule has 1 aromatic heterocycles. The van der Waals surface area contributed by atoms with Gasteiger partial charge in [-0.05, 0) is 25.1 Å². The Morgan fingerprint density at radius 2 is 2.15 bits per heavy atom. The Morgan fingerprint density at radius 1 is 1.30 bits per heavy atom. The first-order valence-electron chi connectivity index (χ1n) is 6.17. The average molecular weight is 335 g/mol. The van der Waals surface area contributed by atoms with Gasteiger partial charge in [0.2, 0.25) is 5.91 Å². The molecule has 0 aliphatic carbocycles. The van der Waals surface area contributed by atoms with Crippen LogP contribution in [0.1, 0.15) is 11.4 Å². The molecule has 20 heavy (non-hydrogen) atoms. The van der Waals surface area contributed by atoms with Crippen LogP contribution < -0.4 is 10.6 Å². The van der Waals surface area contributed by atoms with Crippen molar-refractivity contribution < 1.29 is 4.79 Å². The number of nitrogens with one attached hydrogen (secondary N) is 2. The molecular formula is C14H15BrN4O. The maximum Gasteiger partial charge on any atom is 0.238 e. The van der Waals surface area contributed by atoms with Gasteiger partial charge in [0.25, 0.3) is 0 Å². The number of hydrogen-bond donors (Lipinski definition) is 2. The van der Waals surface area contributed by atoms with Crippen molar-refractivity contribution in [1.82, 2.24) is 15.3 Å². The van der Waals surface area contributed by atoms with Gasteiger partial charge >= 0.3 is 0 Å². The Labute approximate surface area is 126 Å². The lowest BCUT2D eigenvalue weighted by Gasteiger charge is -2.07. The highest BCUT2D eigenvalue weighted by Crippen LogP contribution is 2.15. The minimum atomic E-state index is -0.0943. The van der Waals surface area contributed by atoms with E-state index < -0.39 is 0 Å². The second kappa shape index (κ2) is 7.12. The van der Waals surface area contributed by atoms with Gasteiger partial charge in [-0.1, -0.05) is 22.0 Å². The summed E-state index contributed by atoms with van der Waals surface area (Å²) in [5.41, 5.74) is 2.45. The average Bonchev–Trinajstić information content (AvgIpc) is 2.41. The van der Waals surface area contributed by atoms with Gasteiger partial charge in [0, 0.05) is 29.1 Å². The number of anilines is 1. The van der Waals surface area contributed by atoms with Gasteiger partial charge in [0.15, 0.2) is 0 Å². The van der Waals surface area contributed by atoms with E-state index in [1.54, 1.807) is 12.4 Å². The van der Waals surface area contributed by atoms with Crippen molar-refractivity contribution in [3.63, 3.8) is 0 Å². The molecule has 1 amide bonds. The number of rotatable bonds is 5. The fourth-order valence-corrected chi connectivity index (χ4v) is 1.99. The van der Waals surface area contributed by atoms with Gasteiger partial charge in [-0.25, -0.2) is 0 Å². The van der Waals surface area contributed by atoms with Crippen LogP contribution in [-0.4, -0.2) is 22.4 Å². The van der Waals surface area contributed by atoms with E-state index in [-0.39, 0.29) is 12.5 Å². The maximum absolute atomic E-state index is 11.7. The Bertz CT molecular complexity index is 586. The molecule has 0 aliphatic rings. The molecule has 104 valence electrons. The maximum atomic E-state index is 11.7. The minimum absolute atomic E-state index is 0.0943. The number of nitrogens with zero attached hydrogens (tertiary/aromatic N) is 2. The molecule has 2 aromatic rings. The Kier molecular flexibility index (Phi) is 5.20. The topological polar surface area (TPSA) is 66.9 Å². The highest BCUT2D eigenvalue weighted by molar-refractivity contribution is 9.10. The predicted octanol–water partition coefficient (Wildman–Crippen LogP) is 2.28. The highest BCUT2D eigenvalue weighted by atomic mass is 79.9. The van der Waals surface area contributed by atoms with Gasteiger partial charge in [-0.3, -0.25) is 14.8 Å². The summed E-state index contributed by atoms with van der Waals surface area (Å²) in [5, 5.41) is 5.84. The lowest BCUT2D eigenvalue weighted by atomic mass is 10.3. The number of carbonyl (C=O) groups is 1. The number of aryl methyl sites for hydroxylation is 1. The van der Waals surface area contributed by atoms with E-state index in [0.29, 0.717) is 6.54 Å². The number of amides is 1. The van der Waals surface area contributed by atoms with E-state index in [1.807, 2.05) is 31.2 Å². The Morgan fingerprint density at radius 3 is 2.85 bits per heavy atom. The number of hydrogen-bond acceptors (Lipinski definition) is 4. The first kappa shape index (κ1) is 14.6. The van der Waals surface area contributed by atoms with Crippen LogP contribution in [0.15, 0.2) is 41.1 Å². The fraction of sp³-hybridized carbons (Fsp3) is 0.214. The van der Waals surface area contributed by atoms with E-state index in [0.717, 1.165) is 21.5 Å².